The Hall–Kier alpha value is -0.800. The van der Waals surface area contributed by atoms with Gasteiger partial charge in [0, 0.05) is 14.5 Å². The van der Waals surface area contributed by atoms with Crippen LogP contribution in [0.3, 0.4) is 0 Å². The number of urea groups is 1. The lowest BCUT2D eigenvalue weighted by molar-refractivity contribution is 0.237. The molecule has 1 aromatic rings. The van der Waals surface area contributed by atoms with Crippen LogP contribution in [-0.4, -0.2) is 20.0 Å². The van der Waals surface area contributed by atoms with E-state index in [1.807, 2.05) is 4.72 Å². The summed E-state index contributed by atoms with van der Waals surface area (Å²) in [6, 6.07) is 2.17. The summed E-state index contributed by atoms with van der Waals surface area (Å²) in [6.07, 6.45) is 0. The van der Waals surface area contributed by atoms with Crippen molar-refractivity contribution in [3.05, 3.63) is 21.1 Å². The molecule has 0 aliphatic carbocycles. The summed E-state index contributed by atoms with van der Waals surface area (Å²) < 4.78 is 27.2. The zero-order valence-corrected chi connectivity index (χ0v) is 15.1. The molecule has 2 amide bonds. The maximum atomic E-state index is 12.2. The first kappa shape index (κ1) is 17.3. The van der Waals surface area contributed by atoms with Crippen molar-refractivity contribution in [1.29, 1.82) is 0 Å². The van der Waals surface area contributed by atoms with Crippen LogP contribution in [0, 0.1) is 0 Å². The van der Waals surface area contributed by atoms with E-state index in [9.17, 15) is 13.2 Å². The highest BCUT2D eigenvalue weighted by atomic mass is 79.9. The number of carbonyl (C=O) groups is 1. The molecule has 0 saturated carbocycles. The predicted octanol–water partition coefficient (Wildman–Crippen LogP) is 2.58. The number of nitrogen functional groups attached to an aromatic ring is 1. The molecular weight excluding hydrogens is 414 g/mol. The molecule has 0 aliphatic rings. The number of rotatable bonds is 2. The fourth-order valence-corrected chi connectivity index (χ4v) is 4.38. The summed E-state index contributed by atoms with van der Waals surface area (Å²) in [4.78, 5) is 11.5. The van der Waals surface area contributed by atoms with Gasteiger partial charge < -0.3 is 11.1 Å². The van der Waals surface area contributed by atoms with E-state index in [1.165, 1.54) is 12.1 Å². The van der Waals surface area contributed by atoms with Crippen LogP contribution < -0.4 is 15.8 Å². The highest BCUT2D eigenvalue weighted by Gasteiger charge is 2.25. The smallest absolute Gasteiger partial charge is 0.329 e. The van der Waals surface area contributed by atoms with E-state index in [0.29, 0.717) is 4.47 Å². The molecule has 20 heavy (non-hydrogen) atoms. The molecule has 0 heterocycles. The number of carbonyl (C=O) groups excluding carboxylic acids is 1. The molecule has 0 spiro atoms. The van der Waals surface area contributed by atoms with Crippen LogP contribution in [0.5, 0.6) is 0 Å². The molecule has 1 aromatic carbocycles. The average molecular weight is 429 g/mol. The zero-order valence-electron chi connectivity index (χ0n) is 11.1. The van der Waals surface area contributed by atoms with Gasteiger partial charge in [-0.2, -0.15) is 0 Å². The number of hydrogen-bond donors (Lipinski definition) is 3. The van der Waals surface area contributed by atoms with Crippen molar-refractivity contribution in [2.24, 2.45) is 0 Å². The predicted molar refractivity (Wildman–Crippen MR) is 84.9 cm³/mol. The number of anilines is 1. The van der Waals surface area contributed by atoms with Gasteiger partial charge in [-0.15, -0.1) is 0 Å². The molecule has 0 bridgehead atoms. The molecule has 9 heteroatoms. The molecule has 0 atom stereocenters. The van der Waals surface area contributed by atoms with Crippen LogP contribution >= 0.6 is 31.9 Å². The van der Waals surface area contributed by atoms with Crippen molar-refractivity contribution >= 4 is 53.6 Å². The largest absolute Gasteiger partial charge is 0.398 e. The molecular formula is C11H15Br2N3O3S. The van der Waals surface area contributed by atoms with Gasteiger partial charge in [0.1, 0.15) is 4.90 Å². The number of hydrogen-bond acceptors (Lipinski definition) is 4. The fourth-order valence-electron chi connectivity index (χ4n) is 1.40. The number of benzene rings is 1. The molecule has 0 aromatic heterocycles. The van der Waals surface area contributed by atoms with Gasteiger partial charge in [0.25, 0.3) is 10.0 Å². The van der Waals surface area contributed by atoms with Gasteiger partial charge in [0.2, 0.25) is 0 Å². The zero-order chi connectivity index (χ0) is 15.7. The van der Waals surface area contributed by atoms with Crippen molar-refractivity contribution in [3.8, 4) is 0 Å². The SMILES string of the molecule is CC(C)(C)NC(=O)NS(=O)(=O)c1c(N)cc(Br)cc1Br. The van der Waals surface area contributed by atoms with Gasteiger partial charge in [-0.1, -0.05) is 15.9 Å². The van der Waals surface area contributed by atoms with E-state index in [2.05, 4.69) is 37.2 Å². The first-order chi connectivity index (χ1) is 8.92. The summed E-state index contributed by atoms with van der Waals surface area (Å²) in [5, 5.41) is 2.50. The minimum Gasteiger partial charge on any atom is -0.398 e. The van der Waals surface area contributed by atoms with Gasteiger partial charge in [0.05, 0.1) is 5.69 Å². The molecule has 6 nitrogen and oxygen atoms in total. The van der Waals surface area contributed by atoms with Crippen LogP contribution in [-0.2, 0) is 10.0 Å². The topological polar surface area (TPSA) is 101 Å². The molecule has 112 valence electrons. The summed E-state index contributed by atoms with van der Waals surface area (Å²) in [6.45, 7) is 5.22. The second-order valence-corrected chi connectivity index (χ2v) is 8.50. The summed E-state index contributed by atoms with van der Waals surface area (Å²) >= 11 is 6.32. The monoisotopic (exact) mass is 427 g/mol. The second-order valence-electron chi connectivity index (χ2n) is 5.12. The fraction of sp³-hybridized carbons (Fsp3) is 0.364. The minimum absolute atomic E-state index is 0.0299. The average Bonchev–Trinajstić information content (AvgIpc) is 2.08. The third-order valence-electron chi connectivity index (χ3n) is 2.02. The van der Waals surface area contributed by atoms with Gasteiger partial charge >= 0.3 is 6.03 Å². The lowest BCUT2D eigenvalue weighted by Gasteiger charge is -2.21. The third-order valence-corrected chi connectivity index (χ3v) is 4.81. The highest BCUT2D eigenvalue weighted by Crippen LogP contribution is 2.31. The quantitative estimate of drug-likeness (QED) is 0.630. The summed E-state index contributed by atoms with van der Waals surface area (Å²) in [5.74, 6) is 0. The standard InChI is InChI=1S/C11H15Br2N3O3S/c1-11(2,3)15-10(17)16-20(18,19)9-7(13)4-6(12)5-8(9)14/h4-5H,14H2,1-3H3,(H2,15,16,17). The van der Waals surface area contributed by atoms with E-state index < -0.39 is 21.6 Å². The van der Waals surface area contributed by atoms with Gasteiger partial charge in [-0.05, 0) is 48.8 Å². The van der Waals surface area contributed by atoms with Crippen molar-refractivity contribution in [3.63, 3.8) is 0 Å². The van der Waals surface area contributed by atoms with E-state index in [4.69, 9.17) is 5.73 Å². The van der Waals surface area contributed by atoms with E-state index in [-0.39, 0.29) is 15.1 Å². The van der Waals surface area contributed by atoms with E-state index in [1.54, 1.807) is 20.8 Å². The number of nitrogens with one attached hydrogen (secondary N) is 2. The minimum atomic E-state index is -4.06. The number of halogens is 2. The van der Waals surface area contributed by atoms with Crippen LogP contribution in [0.2, 0.25) is 0 Å². The Morgan fingerprint density at radius 2 is 1.80 bits per heavy atom. The maximum absolute atomic E-state index is 12.2. The Labute approximate surface area is 134 Å². The van der Waals surface area contributed by atoms with Crippen LogP contribution in [0.25, 0.3) is 0 Å². The normalized spacial score (nSPS) is 12.1. The van der Waals surface area contributed by atoms with Crippen molar-refractivity contribution in [2.75, 3.05) is 5.73 Å². The number of amides is 2. The Morgan fingerprint density at radius 3 is 2.25 bits per heavy atom. The van der Waals surface area contributed by atoms with Gasteiger partial charge in [0.15, 0.2) is 0 Å². The third kappa shape index (κ3) is 4.64. The van der Waals surface area contributed by atoms with Gasteiger partial charge in [-0.25, -0.2) is 17.9 Å². The van der Waals surface area contributed by atoms with Crippen molar-refractivity contribution in [1.82, 2.24) is 10.0 Å². The highest BCUT2D eigenvalue weighted by molar-refractivity contribution is 9.11. The molecule has 0 fully saturated rings. The lowest BCUT2D eigenvalue weighted by atomic mass is 10.1. The number of nitrogens with two attached hydrogens (primary N) is 1. The lowest BCUT2D eigenvalue weighted by Crippen LogP contribution is -2.48. The first-order valence-electron chi connectivity index (χ1n) is 5.52. The molecule has 0 radical (unpaired) electrons. The molecule has 0 aliphatic heterocycles. The summed E-state index contributed by atoms with van der Waals surface area (Å²) in [7, 11) is -4.06. The Morgan fingerprint density at radius 1 is 1.25 bits per heavy atom. The second kappa shape index (κ2) is 5.90. The van der Waals surface area contributed by atoms with Crippen LogP contribution in [0.15, 0.2) is 26.0 Å². The Balaban J connectivity index is 3.10. The molecule has 1 rings (SSSR count). The molecule has 4 N–H and O–H groups in total. The van der Waals surface area contributed by atoms with Crippen molar-refractivity contribution < 1.29 is 13.2 Å². The van der Waals surface area contributed by atoms with Gasteiger partial charge in [-0.3, -0.25) is 0 Å². The maximum Gasteiger partial charge on any atom is 0.329 e. The molecule has 0 saturated heterocycles. The Kier molecular flexibility index (Phi) is 5.09. The first-order valence-corrected chi connectivity index (χ1v) is 8.59. The van der Waals surface area contributed by atoms with Crippen molar-refractivity contribution in [2.45, 2.75) is 31.2 Å². The number of sulfonamides is 1. The van der Waals surface area contributed by atoms with E-state index in [0.717, 1.165) is 0 Å². The van der Waals surface area contributed by atoms with E-state index >= 15 is 0 Å². The summed E-state index contributed by atoms with van der Waals surface area (Å²) in [5.41, 5.74) is 5.18. The Bertz CT molecular complexity index is 616. The van der Waals surface area contributed by atoms with Crippen LogP contribution in [0.1, 0.15) is 20.8 Å². The van der Waals surface area contributed by atoms with Crippen LogP contribution in [0.4, 0.5) is 10.5 Å². The molecule has 0 unspecified atom stereocenters.